The number of hydrogen-bond acceptors (Lipinski definition) is 5. The summed E-state index contributed by atoms with van der Waals surface area (Å²) < 4.78 is 9.65. The smallest absolute Gasteiger partial charge is 0.154 e. The van der Waals surface area contributed by atoms with Gasteiger partial charge in [-0.1, -0.05) is 12.8 Å². The minimum Gasteiger partial charge on any atom is -0.380 e. The van der Waals surface area contributed by atoms with Crippen LogP contribution in [-0.4, -0.2) is 42.7 Å². The molecule has 2 aromatic rings. The summed E-state index contributed by atoms with van der Waals surface area (Å²) in [6.45, 7) is 5.10. The van der Waals surface area contributed by atoms with E-state index >= 15 is 0 Å². The maximum Gasteiger partial charge on any atom is 0.154 e. The highest BCUT2D eigenvalue weighted by atomic mass is 16.5. The van der Waals surface area contributed by atoms with Gasteiger partial charge in [-0.15, -0.1) is 0 Å². The number of nitrogens with zero attached hydrogens (tertiary/aromatic N) is 6. The standard InChI is InChI=1S/C17H26N6O/c1-2-24-10-9-22-17(20-16(21-22)13-5-3-4-6-13)14-7-8-15-18-12-19-23(15)11-14/h12-14H,2-11H2,1H3. The Labute approximate surface area is 142 Å². The fourth-order valence-corrected chi connectivity index (χ4v) is 3.94. The zero-order chi connectivity index (χ0) is 16.4. The van der Waals surface area contributed by atoms with Gasteiger partial charge in [-0.05, 0) is 26.2 Å². The molecule has 1 aliphatic carbocycles. The van der Waals surface area contributed by atoms with Gasteiger partial charge in [-0.2, -0.15) is 10.2 Å². The summed E-state index contributed by atoms with van der Waals surface area (Å²) in [5, 5.41) is 9.21. The molecule has 1 aliphatic heterocycles. The van der Waals surface area contributed by atoms with Crippen LogP contribution in [0.5, 0.6) is 0 Å². The summed E-state index contributed by atoms with van der Waals surface area (Å²) in [5.41, 5.74) is 0. The van der Waals surface area contributed by atoms with Crippen LogP contribution in [0.2, 0.25) is 0 Å². The SMILES string of the molecule is CCOCCn1nc(C2CCCC2)nc1C1CCc2ncnn2C1. The Morgan fingerprint density at radius 2 is 2.08 bits per heavy atom. The molecular weight excluding hydrogens is 304 g/mol. The second-order valence-corrected chi connectivity index (χ2v) is 6.82. The second-order valence-electron chi connectivity index (χ2n) is 6.82. The van der Waals surface area contributed by atoms with Gasteiger partial charge in [0.15, 0.2) is 5.82 Å². The summed E-state index contributed by atoms with van der Waals surface area (Å²) >= 11 is 0. The van der Waals surface area contributed by atoms with Crippen molar-refractivity contribution in [2.75, 3.05) is 13.2 Å². The molecule has 1 fully saturated rings. The average molecular weight is 330 g/mol. The number of ether oxygens (including phenoxy) is 1. The van der Waals surface area contributed by atoms with E-state index in [2.05, 4.69) is 14.8 Å². The molecule has 7 heteroatoms. The van der Waals surface area contributed by atoms with Crippen LogP contribution in [-0.2, 0) is 24.2 Å². The largest absolute Gasteiger partial charge is 0.380 e. The number of fused-ring (bicyclic) bond motifs is 1. The van der Waals surface area contributed by atoms with Crippen LogP contribution >= 0.6 is 0 Å². The van der Waals surface area contributed by atoms with Crippen molar-refractivity contribution in [2.24, 2.45) is 0 Å². The Hall–Kier alpha value is -1.76. The molecule has 0 aromatic carbocycles. The van der Waals surface area contributed by atoms with E-state index in [0.717, 1.165) is 50.0 Å². The van der Waals surface area contributed by atoms with Gasteiger partial charge in [-0.25, -0.2) is 19.3 Å². The van der Waals surface area contributed by atoms with Gasteiger partial charge in [0.1, 0.15) is 18.0 Å². The van der Waals surface area contributed by atoms with Crippen LogP contribution in [0, 0.1) is 0 Å². The molecule has 130 valence electrons. The van der Waals surface area contributed by atoms with Crippen molar-refractivity contribution in [3.63, 3.8) is 0 Å². The van der Waals surface area contributed by atoms with Gasteiger partial charge >= 0.3 is 0 Å². The van der Waals surface area contributed by atoms with E-state index in [-0.39, 0.29) is 0 Å². The fraction of sp³-hybridized carbons (Fsp3) is 0.765. The number of rotatable bonds is 6. The predicted molar refractivity (Wildman–Crippen MR) is 88.8 cm³/mol. The van der Waals surface area contributed by atoms with E-state index < -0.39 is 0 Å². The van der Waals surface area contributed by atoms with Gasteiger partial charge in [0.05, 0.1) is 19.7 Å². The minimum atomic E-state index is 0.364. The third-order valence-corrected chi connectivity index (χ3v) is 5.26. The lowest BCUT2D eigenvalue weighted by Gasteiger charge is -2.22. The third-order valence-electron chi connectivity index (χ3n) is 5.26. The first-order chi connectivity index (χ1) is 11.8. The van der Waals surface area contributed by atoms with Gasteiger partial charge in [-0.3, -0.25) is 0 Å². The Morgan fingerprint density at radius 1 is 1.21 bits per heavy atom. The van der Waals surface area contributed by atoms with Crippen molar-refractivity contribution in [2.45, 2.75) is 70.4 Å². The molecule has 0 spiro atoms. The Bertz CT molecular complexity index is 672. The normalized spacial score (nSPS) is 21.3. The summed E-state index contributed by atoms with van der Waals surface area (Å²) in [7, 11) is 0. The minimum absolute atomic E-state index is 0.364. The Kier molecular flexibility index (Phi) is 4.60. The molecule has 0 N–H and O–H groups in total. The highest BCUT2D eigenvalue weighted by Gasteiger charge is 2.29. The van der Waals surface area contributed by atoms with Crippen LogP contribution in [0.15, 0.2) is 6.33 Å². The van der Waals surface area contributed by atoms with E-state index in [1.165, 1.54) is 25.7 Å². The molecule has 2 aromatic heterocycles. The first-order valence-corrected chi connectivity index (χ1v) is 9.24. The summed E-state index contributed by atoms with van der Waals surface area (Å²) in [6.07, 6.45) is 8.75. The number of aryl methyl sites for hydroxylation is 1. The lowest BCUT2D eigenvalue weighted by molar-refractivity contribution is 0.134. The van der Waals surface area contributed by atoms with Crippen molar-refractivity contribution in [1.29, 1.82) is 0 Å². The molecule has 1 saturated carbocycles. The summed E-state index contributed by atoms with van der Waals surface area (Å²) in [6, 6.07) is 0. The molecule has 24 heavy (non-hydrogen) atoms. The van der Waals surface area contributed by atoms with E-state index in [9.17, 15) is 0 Å². The third kappa shape index (κ3) is 3.09. The first-order valence-electron chi connectivity index (χ1n) is 9.24. The zero-order valence-electron chi connectivity index (χ0n) is 14.4. The zero-order valence-corrected chi connectivity index (χ0v) is 14.4. The summed E-state index contributed by atoms with van der Waals surface area (Å²) in [5.74, 6) is 4.15. The molecule has 0 radical (unpaired) electrons. The lowest BCUT2D eigenvalue weighted by atomic mass is 9.99. The van der Waals surface area contributed by atoms with Crippen LogP contribution in [0.3, 0.4) is 0 Å². The highest BCUT2D eigenvalue weighted by Crippen LogP contribution is 2.34. The van der Waals surface area contributed by atoms with Crippen molar-refractivity contribution >= 4 is 0 Å². The maximum absolute atomic E-state index is 5.54. The van der Waals surface area contributed by atoms with Crippen LogP contribution in [0.25, 0.3) is 0 Å². The van der Waals surface area contributed by atoms with Crippen LogP contribution in [0.1, 0.15) is 68.3 Å². The van der Waals surface area contributed by atoms with Gasteiger partial charge in [0.25, 0.3) is 0 Å². The molecule has 1 atom stereocenters. The quantitative estimate of drug-likeness (QED) is 0.760. The second kappa shape index (κ2) is 7.01. The van der Waals surface area contributed by atoms with Gasteiger partial charge < -0.3 is 4.74 Å². The molecule has 3 heterocycles. The van der Waals surface area contributed by atoms with Gasteiger partial charge in [0, 0.05) is 24.9 Å². The molecule has 4 rings (SSSR count). The van der Waals surface area contributed by atoms with E-state index in [4.69, 9.17) is 14.8 Å². The topological polar surface area (TPSA) is 70.7 Å². The van der Waals surface area contributed by atoms with E-state index in [1.807, 2.05) is 11.6 Å². The maximum atomic E-state index is 5.54. The molecule has 0 bridgehead atoms. The number of hydrogen-bond donors (Lipinski definition) is 0. The number of aromatic nitrogens is 6. The lowest BCUT2D eigenvalue weighted by Crippen LogP contribution is -2.23. The van der Waals surface area contributed by atoms with E-state index in [0.29, 0.717) is 18.4 Å². The first kappa shape index (κ1) is 15.7. The Morgan fingerprint density at radius 3 is 2.92 bits per heavy atom. The van der Waals surface area contributed by atoms with Crippen LogP contribution in [0.4, 0.5) is 0 Å². The van der Waals surface area contributed by atoms with Crippen molar-refractivity contribution < 1.29 is 4.74 Å². The molecule has 2 aliphatic rings. The van der Waals surface area contributed by atoms with E-state index in [1.54, 1.807) is 6.33 Å². The highest BCUT2D eigenvalue weighted by molar-refractivity contribution is 5.08. The van der Waals surface area contributed by atoms with Gasteiger partial charge in [0.2, 0.25) is 0 Å². The van der Waals surface area contributed by atoms with Crippen molar-refractivity contribution in [3.05, 3.63) is 23.8 Å². The van der Waals surface area contributed by atoms with Crippen molar-refractivity contribution in [1.82, 2.24) is 29.5 Å². The molecule has 0 saturated heterocycles. The Balaban J connectivity index is 1.57. The predicted octanol–water partition coefficient (Wildman–Crippen LogP) is 2.29. The van der Waals surface area contributed by atoms with Crippen LogP contribution < -0.4 is 0 Å². The molecule has 7 nitrogen and oxygen atoms in total. The average Bonchev–Trinajstić information content (AvgIpc) is 3.34. The molecule has 1 unspecified atom stereocenters. The molecule has 0 amide bonds. The monoisotopic (exact) mass is 330 g/mol. The fourth-order valence-electron chi connectivity index (χ4n) is 3.94. The molecular formula is C17H26N6O. The summed E-state index contributed by atoms with van der Waals surface area (Å²) in [4.78, 5) is 9.31. The van der Waals surface area contributed by atoms with Crippen molar-refractivity contribution in [3.8, 4) is 0 Å².